The van der Waals surface area contributed by atoms with Crippen LogP contribution >= 0.6 is 39.9 Å². The molecule has 7 nitrogen and oxygen atoms in total. The minimum atomic E-state index is 0. The number of rotatable bonds is 5. The Morgan fingerprint density at radius 3 is 2.92 bits per heavy atom. The van der Waals surface area contributed by atoms with Crippen molar-refractivity contribution >= 4 is 51.6 Å². The van der Waals surface area contributed by atoms with Gasteiger partial charge in [0.05, 0.1) is 5.69 Å². The number of benzene rings is 1. The van der Waals surface area contributed by atoms with Gasteiger partial charge in [0.1, 0.15) is 6.54 Å². The Labute approximate surface area is 179 Å². The summed E-state index contributed by atoms with van der Waals surface area (Å²) in [6.07, 6.45) is 1.06. The Kier molecular flexibility index (Phi) is 8.14. The molecular weight excluding hydrogens is 511 g/mol. The molecule has 2 heterocycles. The molecule has 2 N–H and O–H groups in total. The summed E-state index contributed by atoms with van der Waals surface area (Å²) in [4.78, 5) is 11.1. The van der Waals surface area contributed by atoms with E-state index in [1.165, 1.54) is 5.69 Å². The number of halogens is 2. The lowest BCUT2D eigenvalue weighted by molar-refractivity contribution is 0.387. The van der Waals surface area contributed by atoms with Crippen LogP contribution in [0.3, 0.4) is 0 Å². The quantitative estimate of drug-likeness (QED) is 0.349. The van der Waals surface area contributed by atoms with E-state index in [9.17, 15) is 0 Å². The number of guanidine groups is 1. The van der Waals surface area contributed by atoms with Crippen LogP contribution in [0.25, 0.3) is 0 Å². The Morgan fingerprint density at radius 1 is 1.42 bits per heavy atom. The number of hydrogen-bond donors (Lipinski definition) is 2. The number of anilines is 1. The molecule has 1 unspecified atom stereocenters. The van der Waals surface area contributed by atoms with E-state index in [1.54, 1.807) is 6.92 Å². The predicted octanol–water partition coefficient (Wildman–Crippen LogP) is 3.09. The first-order valence-corrected chi connectivity index (χ1v) is 9.28. The molecule has 2 aromatic rings. The summed E-state index contributed by atoms with van der Waals surface area (Å²) in [5, 5.41) is 10.7. The molecule has 9 heteroatoms. The molecule has 1 aliphatic heterocycles. The maximum Gasteiger partial charge on any atom is 0.223 e. The van der Waals surface area contributed by atoms with Crippen molar-refractivity contribution in [3.63, 3.8) is 0 Å². The van der Waals surface area contributed by atoms with E-state index < -0.39 is 0 Å². The highest BCUT2D eigenvalue weighted by molar-refractivity contribution is 14.0. The molecule has 26 heavy (non-hydrogen) atoms. The highest BCUT2D eigenvalue weighted by Gasteiger charge is 2.24. The molecule has 142 valence electrons. The van der Waals surface area contributed by atoms with Crippen molar-refractivity contribution in [2.24, 2.45) is 4.99 Å². The highest BCUT2D eigenvalue weighted by Crippen LogP contribution is 2.28. The van der Waals surface area contributed by atoms with Gasteiger partial charge in [0.15, 0.2) is 11.8 Å². The van der Waals surface area contributed by atoms with Gasteiger partial charge in [-0.15, -0.1) is 24.0 Å². The van der Waals surface area contributed by atoms with Crippen molar-refractivity contribution in [2.75, 3.05) is 24.5 Å². The highest BCUT2D eigenvalue weighted by atomic mass is 127. The van der Waals surface area contributed by atoms with E-state index >= 15 is 0 Å². The summed E-state index contributed by atoms with van der Waals surface area (Å²) in [7, 11) is 0. The van der Waals surface area contributed by atoms with Gasteiger partial charge in [-0.2, -0.15) is 4.98 Å². The first kappa shape index (κ1) is 20.9. The topological polar surface area (TPSA) is 78.6 Å². The van der Waals surface area contributed by atoms with E-state index in [0.717, 1.165) is 36.5 Å². The first-order valence-electron chi connectivity index (χ1n) is 8.49. The fourth-order valence-corrected chi connectivity index (χ4v) is 3.41. The second-order valence-corrected chi connectivity index (χ2v) is 6.81. The maximum atomic E-state index is 4.98. The first-order chi connectivity index (χ1) is 12.2. The number of aliphatic imine (C=N–C) groups is 1. The zero-order chi connectivity index (χ0) is 17.6. The normalized spacial score (nSPS) is 17.1. The van der Waals surface area contributed by atoms with Crippen LogP contribution in [0.4, 0.5) is 5.69 Å². The van der Waals surface area contributed by atoms with E-state index in [4.69, 9.17) is 4.52 Å². The van der Waals surface area contributed by atoms with E-state index in [1.807, 2.05) is 6.07 Å². The molecule has 0 amide bonds. The van der Waals surface area contributed by atoms with Crippen molar-refractivity contribution in [3.8, 4) is 0 Å². The average Bonchev–Trinajstić information content (AvgIpc) is 3.22. The lowest BCUT2D eigenvalue weighted by atomic mass is 10.3. The molecule has 1 saturated heterocycles. The van der Waals surface area contributed by atoms with Crippen LogP contribution in [0.1, 0.15) is 25.1 Å². The SMILES string of the molecule is CCNC(=NCc1noc(C)n1)NC1CCN(c2ccccc2Br)C1.I. The Balaban J connectivity index is 0.00000243. The third-order valence-corrected chi connectivity index (χ3v) is 4.69. The number of nitrogens with one attached hydrogen (secondary N) is 2. The number of aromatic nitrogens is 2. The third kappa shape index (κ3) is 5.57. The van der Waals surface area contributed by atoms with Gasteiger partial charge in [-0.3, -0.25) is 0 Å². The van der Waals surface area contributed by atoms with Crippen molar-refractivity contribution in [1.29, 1.82) is 0 Å². The number of para-hydroxylation sites is 1. The molecule has 0 aliphatic carbocycles. The molecular formula is C17H24BrIN6O. The summed E-state index contributed by atoms with van der Waals surface area (Å²) in [6.45, 7) is 6.99. The minimum absolute atomic E-state index is 0. The molecule has 0 bridgehead atoms. The fourth-order valence-electron chi connectivity index (χ4n) is 2.87. The summed E-state index contributed by atoms with van der Waals surface area (Å²) < 4.78 is 6.11. The van der Waals surface area contributed by atoms with E-state index in [0.29, 0.717) is 24.3 Å². The molecule has 1 atom stereocenters. The van der Waals surface area contributed by atoms with E-state index in [2.05, 4.69) is 71.7 Å². The van der Waals surface area contributed by atoms with Crippen LogP contribution in [0.5, 0.6) is 0 Å². The third-order valence-electron chi connectivity index (χ3n) is 4.01. The van der Waals surface area contributed by atoms with Gasteiger partial charge in [-0.05, 0) is 41.4 Å². The summed E-state index contributed by atoms with van der Waals surface area (Å²) in [5.41, 5.74) is 1.23. The number of hydrogen-bond acceptors (Lipinski definition) is 5. The Morgan fingerprint density at radius 2 is 2.23 bits per heavy atom. The van der Waals surface area contributed by atoms with Gasteiger partial charge in [-0.1, -0.05) is 17.3 Å². The number of nitrogens with zero attached hydrogens (tertiary/aromatic N) is 4. The van der Waals surface area contributed by atoms with Crippen molar-refractivity contribution in [3.05, 3.63) is 40.5 Å². The molecule has 0 saturated carbocycles. The van der Waals surface area contributed by atoms with Crippen LogP contribution in [-0.4, -0.2) is 41.8 Å². The van der Waals surface area contributed by atoms with Crippen molar-refractivity contribution in [1.82, 2.24) is 20.8 Å². The molecule has 1 fully saturated rings. The Bertz CT molecular complexity index is 738. The summed E-state index contributed by atoms with van der Waals surface area (Å²) >= 11 is 3.63. The van der Waals surface area contributed by atoms with Gasteiger partial charge in [0.25, 0.3) is 0 Å². The number of aryl methyl sites for hydroxylation is 1. The molecule has 0 radical (unpaired) electrons. The smallest absolute Gasteiger partial charge is 0.223 e. The van der Waals surface area contributed by atoms with Crippen LogP contribution in [0.2, 0.25) is 0 Å². The molecule has 1 aromatic heterocycles. The fraction of sp³-hybridized carbons (Fsp3) is 0.471. The van der Waals surface area contributed by atoms with Gasteiger partial charge in [-0.25, -0.2) is 4.99 Å². The second-order valence-electron chi connectivity index (χ2n) is 5.95. The van der Waals surface area contributed by atoms with Crippen LogP contribution < -0.4 is 15.5 Å². The summed E-state index contributed by atoms with van der Waals surface area (Å²) in [5.74, 6) is 1.93. The van der Waals surface area contributed by atoms with Crippen LogP contribution in [0, 0.1) is 6.92 Å². The largest absolute Gasteiger partial charge is 0.368 e. The lowest BCUT2D eigenvalue weighted by Gasteiger charge is -2.21. The van der Waals surface area contributed by atoms with Crippen LogP contribution in [-0.2, 0) is 6.54 Å². The van der Waals surface area contributed by atoms with Gasteiger partial charge in [0, 0.05) is 37.1 Å². The zero-order valence-electron chi connectivity index (χ0n) is 14.9. The standard InChI is InChI=1S/C17H23BrN6O.HI/c1-3-19-17(20-10-16-21-12(2)25-23-16)22-13-8-9-24(11-13)15-7-5-4-6-14(15)18;/h4-7,13H,3,8-11H2,1-2H3,(H2,19,20,22);1H. The minimum Gasteiger partial charge on any atom is -0.368 e. The van der Waals surface area contributed by atoms with Crippen molar-refractivity contribution in [2.45, 2.75) is 32.9 Å². The van der Waals surface area contributed by atoms with Gasteiger partial charge < -0.3 is 20.1 Å². The summed E-state index contributed by atoms with van der Waals surface area (Å²) in [6, 6.07) is 8.67. The molecule has 1 aromatic carbocycles. The van der Waals surface area contributed by atoms with Crippen molar-refractivity contribution < 1.29 is 4.52 Å². The zero-order valence-corrected chi connectivity index (χ0v) is 18.8. The van der Waals surface area contributed by atoms with E-state index in [-0.39, 0.29) is 24.0 Å². The molecule has 0 spiro atoms. The van der Waals surface area contributed by atoms with Crippen LogP contribution in [0.15, 0.2) is 38.3 Å². The second kappa shape index (κ2) is 10.1. The maximum absolute atomic E-state index is 4.98. The monoisotopic (exact) mass is 534 g/mol. The Hall–Kier alpha value is -1.36. The van der Waals surface area contributed by atoms with Gasteiger partial charge in [0.2, 0.25) is 5.89 Å². The average molecular weight is 535 g/mol. The lowest BCUT2D eigenvalue weighted by Crippen LogP contribution is -2.44. The van der Waals surface area contributed by atoms with Gasteiger partial charge >= 0.3 is 0 Å². The predicted molar refractivity (Wildman–Crippen MR) is 117 cm³/mol. The molecule has 3 rings (SSSR count). The molecule has 1 aliphatic rings.